The van der Waals surface area contributed by atoms with Gasteiger partial charge in [0.2, 0.25) is 23.6 Å². The molecule has 0 aromatic carbocycles. The van der Waals surface area contributed by atoms with Crippen LogP contribution in [-0.2, 0) is 24.0 Å². The molecule has 0 radical (unpaired) electrons. The number of nitrogens with two attached hydrogens (primary N) is 2. The van der Waals surface area contributed by atoms with E-state index in [-0.39, 0.29) is 25.8 Å². The summed E-state index contributed by atoms with van der Waals surface area (Å²) in [5.74, 6) is -4.42. The maximum atomic E-state index is 12.5. The fraction of sp³-hybridized carbons (Fsp3) is 0.688. The topological polar surface area (TPSA) is 225 Å². The monoisotopic (exact) mass is 417 g/mol. The zero-order valence-corrected chi connectivity index (χ0v) is 15.7. The van der Waals surface area contributed by atoms with E-state index in [1.165, 1.54) is 0 Å². The maximum Gasteiger partial charge on any atom is 0.326 e. The number of carbonyl (C=O) groups excluding carboxylic acids is 4. The van der Waals surface area contributed by atoms with Gasteiger partial charge in [-0.3, -0.25) is 19.2 Å². The van der Waals surface area contributed by atoms with Gasteiger partial charge in [-0.2, -0.15) is 0 Å². The zero-order valence-electron chi connectivity index (χ0n) is 15.7. The van der Waals surface area contributed by atoms with Crippen LogP contribution < -0.4 is 22.1 Å². The number of nitrogens with zero attached hydrogens (tertiary/aromatic N) is 1. The molecule has 0 bridgehead atoms. The molecule has 13 nitrogen and oxygen atoms in total. The molecule has 29 heavy (non-hydrogen) atoms. The second kappa shape index (κ2) is 11.3. The molecule has 1 rings (SSSR count). The summed E-state index contributed by atoms with van der Waals surface area (Å²) in [6, 6.07) is -5.12. The molecule has 4 amide bonds. The molecule has 1 aliphatic heterocycles. The number of hydrogen-bond acceptors (Lipinski definition) is 8. The number of aliphatic carboxylic acids is 1. The van der Waals surface area contributed by atoms with Crippen LogP contribution >= 0.6 is 0 Å². The minimum Gasteiger partial charge on any atom is -0.480 e. The first kappa shape index (κ1) is 24.3. The Morgan fingerprint density at radius 3 is 2.14 bits per heavy atom. The van der Waals surface area contributed by atoms with Crippen molar-refractivity contribution in [3.8, 4) is 0 Å². The molecule has 9 N–H and O–H groups in total. The van der Waals surface area contributed by atoms with Gasteiger partial charge in [0.1, 0.15) is 18.1 Å². The van der Waals surface area contributed by atoms with Crippen molar-refractivity contribution in [2.75, 3.05) is 19.8 Å². The van der Waals surface area contributed by atoms with Crippen molar-refractivity contribution in [1.82, 2.24) is 15.5 Å². The number of carboxylic acids is 1. The van der Waals surface area contributed by atoms with E-state index < -0.39 is 67.0 Å². The standard InChI is InChI=1S/C16H27N5O8/c17-8(3-4-12(18)24)13(25)19-9(6-22)14(26)20-10(7-23)15(27)21-5-1-2-11(21)16(28)29/h8-11,22-23H,1-7,17H2,(H2,18,24)(H,19,25)(H,20,26)(H,28,29)/t8?,9?,10?,11-/m0/s1. The van der Waals surface area contributed by atoms with E-state index in [1.54, 1.807) is 0 Å². The van der Waals surface area contributed by atoms with Crippen molar-refractivity contribution >= 4 is 29.6 Å². The summed E-state index contributed by atoms with van der Waals surface area (Å²) < 4.78 is 0. The number of carboxylic acid groups (broad SMARTS) is 1. The summed E-state index contributed by atoms with van der Waals surface area (Å²) in [6.45, 7) is -1.47. The number of nitrogens with one attached hydrogen (secondary N) is 2. The van der Waals surface area contributed by atoms with Crippen LogP contribution in [0.4, 0.5) is 0 Å². The zero-order chi connectivity index (χ0) is 22.1. The number of amides is 4. The number of likely N-dealkylation sites (tertiary alicyclic amines) is 1. The van der Waals surface area contributed by atoms with Crippen LogP contribution in [0.5, 0.6) is 0 Å². The highest BCUT2D eigenvalue weighted by molar-refractivity contribution is 5.94. The summed E-state index contributed by atoms with van der Waals surface area (Å²) in [4.78, 5) is 59.8. The predicted molar refractivity (Wildman–Crippen MR) is 96.8 cm³/mol. The van der Waals surface area contributed by atoms with Gasteiger partial charge in [-0.25, -0.2) is 4.79 Å². The molecule has 0 aromatic heterocycles. The average Bonchev–Trinajstić information content (AvgIpc) is 3.17. The molecule has 1 aliphatic rings. The number of rotatable bonds is 11. The normalized spacial score (nSPS) is 19.1. The molecule has 0 aliphatic carbocycles. The summed E-state index contributed by atoms with van der Waals surface area (Å²) in [5, 5.41) is 32.3. The van der Waals surface area contributed by atoms with Gasteiger partial charge in [-0.15, -0.1) is 0 Å². The van der Waals surface area contributed by atoms with Crippen molar-refractivity contribution in [2.45, 2.75) is 49.9 Å². The Labute approximate surface area is 166 Å². The second-order valence-electron chi connectivity index (χ2n) is 6.63. The SMILES string of the molecule is NC(=O)CCC(N)C(=O)NC(CO)C(=O)NC(CO)C(=O)N1CCC[C@H]1C(=O)O. The van der Waals surface area contributed by atoms with Gasteiger partial charge in [0.05, 0.1) is 19.3 Å². The molecular formula is C16H27N5O8. The Morgan fingerprint density at radius 2 is 1.62 bits per heavy atom. The van der Waals surface area contributed by atoms with Crippen molar-refractivity contribution in [2.24, 2.45) is 11.5 Å². The third-order valence-electron chi connectivity index (χ3n) is 4.47. The highest BCUT2D eigenvalue weighted by Crippen LogP contribution is 2.18. The highest BCUT2D eigenvalue weighted by Gasteiger charge is 2.38. The molecule has 0 aromatic rings. The first-order valence-electron chi connectivity index (χ1n) is 9.02. The lowest BCUT2D eigenvalue weighted by molar-refractivity contribution is -0.150. The van der Waals surface area contributed by atoms with Gasteiger partial charge in [-0.05, 0) is 19.3 Å². The minimum atomic E-state index is -1.47. The fourth-order valence-electron chi connectivity index (χ4n) is 2.85. The largest absolute Gasteiger partial charge is 0.480 e. The number of carbonyl (C=O) groups is 5. The summed E-state index contributed by atoms with van der Waals surface area (Å²) >= 11 is 0. The number of hydrogen-bond donors (Lipinski definition) is 7. The van der Waals surface area contributed by atoms with E-state index in [1.807, 2.05) is 0 Å². The third kappa shape index (κ3) is 6.96. The van der Waals surface area contributed by atoms with Gasteiger partial charge >= 0.3 is 5.97 Å². The highest BCUT2D eigenvalue weighted by atomic mass is 16.4. The molecule has 0 saturated carbocycles. The van der Waals surface area contributed by atoms with Crippen LogP contribution in [0, 0.1) is 0 Å². The molecule has 1 heterocycles. The van der Waals surface area contributed by atoms with E-state index in [2.05, 4.69) is 10.6 Å². The van der Waals surface area contributed by atoms with Gasteiger partial charge in [0, 0.05) is 13.0 Å². The molecule has 3 unspecified atom stereocenters. The molecular weight excluding hydrogens is 390 g/mol. The van der Waals surface area contributed by atoms with Gasteiger partial charge in [0.25, 0.3) is 0 Å². The van der Waals surface area contributed by atoms with Crippen LogP contribution in [0.25, 0.3) is 0 Å². The summed E-state index contributed by atoms with van der Waals surface area (Å²) in [5.41, 5.74) is 10.5. The van der Waals surface area contributed by atoms with Crippen LogP contribution in [0.2, 0.25) is 0 Å². The number of primary amides is 1. The number of aliphatic hydroxyl groups is 2. The van der Waals surface area contributed by atoms with Crippen molar-refractivity contribution < 1.29 is 39.3 Å². The Balaban J connectivity index is 2.71. The lowest BCUT2D eigenvalue weighted by atomic mass is 10.1. The Morgan fingerprint density at radius 1 is 1.03 bits per heavy atom. The molecule has 1 fully saturated rings. The van der Waals surface area contributed by atoms with E-state index in [4.69, 9.17) is 16.6 Å². The molecule has 164 valence electrons. The Hall–Kier alpha value is -2.77. The van der Waals surface area contributed by atoms with Crippen LogP contribution in [0.3, 0.4) is 0 Å². The molecule has 1 saturated heterocycles. The fourth-order valence-corrected chi connectivity index (χ4v) is 2.85. The molecule has 4 atom stereocenters. The summed E-state index contributed by atoms with van der Waals surface area (Å²) in [6.07, 6.45) is 0.509. The van der Waals surface area contributed by atoms with Crippen LogP contribution in [0.1, 0.15) is 25.7 Å². The second-order valence-corrected chi connectivity index (χ2v) is 6.63. The van der Waals surface area contributed by atoms with Crippen LogP contribution in [-0.4, -0.2) is 93.7 Å². The average molecular weight is 417 g/mol. The number of aliphatic hydroxyl groups excluding tert-OH is 2. The predicted octanol–water partition coefficient (Wildman–Crippen LogP) is -4.39. The maximum absolute atomic E-state index is 12.5. The smallest absolute Gasteiger partial charge is 0.326 e. The van der Waals surface area contributed by atoms with Crippen molar-refractivity contribution in [3.63, 3.8) is 0 Å². The van der Waals surface area contributed by atoms with Crippen LogP contribution in [0.15, 0.2) is 0 Å². The quantitative estimate of drug-likeness (QED) is 0.172. The van der Waals surface area contributed by atoms with E-state index in [0.717, 1.165) is 4.90 Å². The summed E-state index contributed by atoms with van der Waals surface area (Å²) in [7, 11) is 0. The van der Waals surface area contributed by atoms with E-state index in [9.17, 15) is 34.2 Å². The van der Waals surface area contributed by atoms with Gasteiger partial charge in [0.15, 0.2) is 0 Å². The first-order valence-corrected chi connectivity index (χ1v) is 9.02. The minimum absolute atomic E-state index is 0.0653. The lowest BCUT2D eigenvalue weighted by Crippen LogP contribution is -2.59. The third-order valence-corrected chi connectivity index (χ3v) is 4.47. The Kier molecular flexibility index (Phi) is 9.44. The molecule has 0 spiro atoms. The van der Waals surface area contributed by atoms with Crippen molar-refractivity contribution in [3.05, 3.63) is 0 Å². The van der Waals surface area contributed by atoms with E-state index in [0.29, 0.717) is 6.42 Å². The lowest BCUT2D eigenvalue weighted by Gasteiger charge is -2.27. The van der Waals surface area contributed by atoms with Gasteiger partial charge < -0.3 is 42.3 Å². The van der Waals surface area contributed by atoms with E-state index >= 15 is 0 Å². The first-order chi connectivity index (χ1) is 13.6. The molecule has 13 heteroatoms. The van der Waals surface area contributed by atoms with Crippen molar-refractivity contribution in [1.29, 1.82) is 0 Å². The van der Waals surface area contributed by atoms with Gasteiger partial charge in [-0.1, -0.05) is 0 Å². The Bertz CT molecular complexity index is 643.